The molecule has 0 bridgehead atoms. The number of ether oxygens (including phenoxy) is 1. The van der Waals surface area contributed by atoms with Gasteiger partial charge in [0.2, 0.25) is 11.8 Å². The van der Waals surface area contributed by atoms with Gasteiger partial charge in [-0.25, -0.2) is 0 Å². The number of hydrogen-bond acceptors (Lipinski definition) is 3. The Labute approximate surface area is 109 Å². The normalized spacial score (nSPS) is 22.6. The average molecular weight is 256 g/mol. The van der Waals surface area contributed by atoms with Gasteiger partial charge >= 0.3 is 0 Å². The van der Waals surface area contributed by atoms with Crippen molar-refractivity contribution in [3.63, 3.8) is 0 Å². The van der Waals surface area contributed by atoms with E-state index in [2.05, 4.69) is 10.6 Å². The Morgan fingerprint density at radius 3 is 2.33 bits per heavy atom. The highest BCUT2D eigenvalue weighted by molar-refractivity contribution is 5.87. The van der Waals surface area contributed by atoms with E-state index in [-0.39, 0.29) is 29.9 Å². The standard InChI is InChI=1S/C13H24N2O3/c1-8(2)12(15-10(4)16)13(17)14-9(3)11-6-5-7-18-11/h8-9,11-12H,5-7H2,1-4H3,(H,14,17)(H,15,16)/t9-,11+,12+/m1/s1. The van der Waals surface area contributed by atoms with Crippen LogP contribution >= 0.6 is 0 Å². The van der Waals surface area contributed by atoms with Crippen molar-refractivity contribution < 1.29 is 14.3 Å². The summed E-state index contributed by atoms with van der Waals surface area (Å²) in [5.74, 6) is -0.262. The summed E-state index contributed by atoms with van der Waals surface area (Å²) < 4.78 is 5.53. The number of hydrogen-bond donors (Lipinski definition) is 2. The quantitative estimate of drug-likeness (QED) is 0.765. The number of carbonyl (C=O) groups excluding carboxylic acids is 2. The average Bonchev–Trinajstić information content (AvgIpc) is 2.78. The topological polar surface area (TPSA) is 67.4 Å². The molecule has 0 spiro atoms. The minimum absolute atomic E-state index is 0.0185. The number of carbonyl (C=O) groups is 2. The van der Waals surface area contributed by atoms with E-state index < -0.39 is 6.04 Å². The maximum Gasteiger partial charge on any atom is 0.243 e. The zero-order valence-corrected chi connectivity index (χ0v) is 11.7. The molecule has 0 aromatic rings. The molecule has 2 N–H and O–H groups in total. The summed E-state index contributed by atoms with van der Waals surface area (Å²) in [5.41, 5.74) is 0. The summed E-state index contributed by atoms with van der Waals surface area (Å²) in [4.78, 5) is 23.2. The van der Waals surface area contributed by atoms with Crippen LogP contribution in [0.25, 0.3) is 0 Å². The van der Waals surface area contributed by atoms with Crippen LogP contribution in [0.1, 0.15) is 40.5 Å². The summed E-state index contributed by atoms with van der Waals surface area (Å²) in [6.07, 6.45) is 2.12. The van der Waals surface area contributed by atoms with Crippen molar-refractivity contribution in [3.05, 3.63) is 0 Å². The summed E-state index contributed by atoms with van der Waals surface area (Å²) in [6, 6.07) is -0.499. The van der Waals surface area contributed by atoms with Crippen LogP contribution in [0, 0.1) is 5.92 Å². The van der Waals surface area contributed by atoms with Gasteiger partial charge in [0.1, 0.15) is 6.04 Å². The lowest BCUT2D eigenvalue weighted by Gasteiger charge is -2.25. The molecule has 0 aromatic carbocycles. The summed E-state index contributed by atoms with van der Waals surface area (Å²) in [6.45, 7) is 7.96. The molecule has 1 aliphatic heterocycles. The summed E-state index contributed by atoms with van der Waals surface area (Å²) in [5, 5.41) is 5.61. The molecule has 1 aliphatic rings. The molecule has 2 amide bonds. The molecule has 3 atom stereocenters. The molecule has 0 unspecified atom stereocenters. The maximum absolute atomic E-state index is 12.1. The van der Waals surface area contributed by atoms with Gasteiger partial charge in [-0.1, -0.05) is 13.8 Å². The first-order valence-corrected chi connectivity index (χ1v) is 6.61. The molecule has 0 aromatic heterocycles. The van der Waals surface area contributed by atoms with Crippen LogP contribution in [0.4, 0.5) is 0 Å². The van der Waals surface area contributed by atoms with Gasteiger partial charge in [-0.3, -0.25) is 9.59 Å². The zero-order valence-electron chi connectivity index (χ0n) is 11.7. The fourth-order valence-corrected chi connectivity index (χ4v) is 2.16. The molecule has 1 fully saturated rings. The maximum atomic E-state index is 12.1. The Morgan fingerprint density at radius 2 is 1.89 bits per heavy atom. The number of nitrogens with one attached hydrogen (secondary N) is 2. The van der Waals surface area contributed by atoms with Crippen LogP contribution in [0.15, 0.2) is 0 Å². The van der Waals surface area contributed by atoms with Crippen LogP contribution in [-0.2, 0) is 14.3 Å². The van der Waals surface area contributed by atoms with E-state index in [1.807, 2.05) is 20.8 Å². The van der Waals surface area contributed by atoms with Gasteiger partial charge in [-0.2, -0.15) is 0 Å². The van der Waals surface area contributed by atoms with Crippen molar-refractivity contribution in [2.45, 2.75) is 58.7 Å². The SMILES string of the molecule is CC(=O)N[C@H](C(=O)N[C@H](C)[C@@H]1CCCO1)C(C)C. The molecule has 5 heteroatoms. The molecule has 1 heterocycles. The fraction of sp³-hybridized carbons (Fsp3) is 0.846. The van der Waals surface area contributed by atoms with Crippen molar-refractivity contribution in [3.8, 4) is 0 Å². The van der Waals surface area contributed by atoms with Crippen LogP contribution in [0.5, 0.6) is 0 Å². The predicted molar refractivity (Wildman–Crippen MR) is 69.0 cm³/mol. The molecule has 0 saturated carbocycles. The zero-order chi connectivity index (χ0) is 13.7. The first-order valence-electron chi connectivity index (χ1n) is 6.61. The Kier molecular flexibility index (Phi) is 5.59. The molecule has 0 aliphatic carbocycles. The first-order chi connectivity index (χ1) is 8.41. The minimum Gasteiger partial charge on any atom is -0.376 e. The van der Waals surface area contributed by atoms with Crippen molar-refractivity contribution in [1.82, 2.24) is 10.6 Å². The van der Waals surface area contributed by atoms with Crippen molar-refractivity contribution >= 4 is 11.8 Å². The van der Waals surface area contributed by atoms with Crippen molar-refractivity contribution in [2.24, 2.45) is 5.92 Å². The third-order valence-electron chi connectivity index (χ3n) is 3.20. The van der Waals surface area contributed by atoms with E-state index >= 15 is 0 Å². The van der Waals surface area contributed by atoms with Gasteiger partial charge in [-0.15, -0.1) is 0 Å². The second-order valence-corrected chi connectivity index (χ2v) is 5.27. The van der Waals surface area contributed by atoms with Gasteiger partial charge in [0, 0.05) is 13.5 Å². The Hall–Kier alpha value is -1.10. The summed E-state index contributed by atoms with van der Waals surface area (Å²) in [7, 11) is 0. The van der Waals surface area contributed by atoms with Gasteiger partial charge in [0.15, 0.2) is 0 Å². The van der Waals surface area contributed by atoms with E-state index in [0.717, 1.165) is 19.4 Å². The highest BCUT2D eigenvalue weighted by atomic mass is 16.5. The van der Waals surface area contributed by atoms with Gasteiger partial charge < -0.3 is 15.4 Å². The molecule has 1 saturated heterocycles. The third kappa shape index (κ3) is 4.29. The van der Waals surface area contributed by atoms with Crippen LogP contribution < -0.4 is 10.6 Å². The van der Waals surface area contributed by atoms with Crippen molar-refractivity contribution in [2.75, 3.05) is 6.61 Å². The highest BCUT2D eigenvalue weighted by Gasteiger charge is 2.28. The van der Waals surface area contributed by atoms with Crippen LogP contribution in [-0.4, -0.2) is 36.6 Å². The van der Waals surface area contributed by atoms with Gasteiger partial charge in [0.05, 0.1) is 12.1 Å². The largest absolute Gasteiger partial charge is 0.376 e. The number of rotatable bonds is 5. The lowest BCUT2D eigenvalue weighted by Crippen LogP contribution is -2.53. The second-order valence-electron chi connectivity index (χ2n) is 5.27. The van der Waals surface area contributed by atoms with Gasteiger partial charge in [0.25, 0.3) is 0 Å². The minimum atomic E-state index is -0.480. The molecule has 0 radical (unpaired) electrons. The molecule has 18 heavy (non-hydrogen) atoms. The Balaban J connectivity index is 2.52. The molecule has 5 nitrogen and oxygen atoms in total. The fourth-order valence-electron chi connectivity index (χ4n) is 2.16. The lowest BCUT2D eigenvalue weighted by atomic mass is 10.0. The monoisotopic (exact) mass is 256 g/mol. The molecular weight excluding hydrogens is 232 g/mol. The summed E-state index contributed by atoms with van der Waals surface area (Å²) >= 11 is 0. The van der Waals surface area contributed by atoms with E-state index in [0.29, 0.717) is 0 Å². The number of amides is 2. The van der Waals surface area contributed by atoms with Crippen LogP contribution in [0.2, 0.25) is 0 Å². The van der Waals surface area contributed by atoms with E-state index in [9.17, 15) is 9.59 Å². The van der Waals surface area contributed by atoms with E-state index in [1.165, 1.54) is 6.92 Å². The van der Waals surface area contributed by atoms with Crippen LogP contribution in [0.3, 0.4) is 0 Å². The molecule has 104 valence electrons. The lowest BCUT2D eigenvalue weighted by molar-refractivity contribution is -0.130. The van der Waals surface area contributed by atoms with Crippen molar-refractivity contribution in [1.29, 1.82) is 0 Å². The van der Waals surface area contributed by atoms with E-state index in [1.54, 1.807) is 0 Å². The molecule has 1 rings (SSSR count). The Bertz CT molecular complexity index is 299. The van der Waals surface area contributed by atoms with E-state index in [4.69, 9.17) is 4.74 Å². The second kappa shape index (κ2) is 6.73. The smallest absolute Gasteiger partial charge is 0.243 e. The Morgan fingerprint density at radius 1 is 1.22 bits per heavy atom. The molecular formula is C13H24N2O3. The predicted octanol–water partition coefficient (Wildman–Crippen LogP) is 0.831. The first kappa shape index (κ1) is 15.0. The highest BCUT2D eigenvalue weighted by Crippen LogP contribution is 2.15. The third-order valence-corrected chi connectivity index (χ3v) is 3.20. The van der Waals surface area contributed by atoms with Gasteiger partial charge in [-0.05, 0) is 25.7 Å².